The van der Waals surface area contributed by atoms with Crippen molar-refractivity contribution in [3.8, 4) is 17.9 Å². The van der Waals surface area contributed by atoms with E-state index in [9.17, 15) is 9.18 Å². The fourth-order valence-electron chi connectivity index (χ4n) is 3.23. The van der Waals surface area contributed by atoms with E-state index in [0.29, 0.717) is 42.3 Å². The van der Waals surface area contributed by atoms with E-state index in [1.807, 2.05) is 0 Å². The van der Waals surface area contributed by atoms with Gasteiger partial charge in [0.15, 0.2) is 0 Å². The Morgan fingerprint density at radius 1 is 1.30 bits per heavy atom. The van der Waals surface area contributed by atoms with Crippen LogP contribution in [0.4, 0.5) is 21.8 Å². The van der Waals surface area contributed by atoms with Crippen molar-refractivity contribution in [2.75, 3.05) is 30.3 Å². The van der Waals surface area contributed by atoms with E-state index in [4.69, 9.17) is 5.26 Å². The van der Waals surface area contributed by atoms with Gasteiger partial charge in [0.05, 0.1) is 29.4 Å². The summed E-state index contributed by atoms with van der Waals surface area (Å²) in [6.07, 6.45) is 3.19. The second-order valence-corrected chi connectivity index (χ2v) is 7.69. The van der Waals surface area contributed by atoms with Gasteiger partial charge in [0.2, 0.25) is 11.9 Å². The maximum atomic E-state index is 13.2. The number of amides is 1. The van der Waals surface area contributed by atoms with Crippen molar-refractivity contribution in [2.24, 2.45) is 0 Å². The molecule has 4 N–H and O–H groups in total. The number of alkyl halides is 1. The minimum atomic E-state index is -0.949. The predicted octanol–water partition coefficient (Wildman–Crippen LogP) is 2.86. The fourth-order valence-corrected chi connectivity index (χ4v) is 3.23. The molecule has 1 aromatic carbocycles. The molecule has 0 aliphatic carbocycles. The fraction of sp³-hybridized carbons (Fsp3) is 0.417. The Balaban J connectivity index is 1.54. The van der Waals surface area contributed by atoms with Crippen LogP contribution < -0.4 is 21.3 Å². The number of hydrogen-bond donors (Lipinski definition) is 4. The van der Waals surface area contributed by atoms with E-state index in [1.165, 1.54) is 0 Å². The molecule has 0 saturated carbocycles. The van der Waals surface area contributed by atoms with Gasteiger partial charge in [-0.05, 0) is 37.1 Å². The zero-order valence-electron chi connectivity index (χ0n) is 18.6. The molecule has 0 bridgehead atoms. The molecule has 2 atom stereocenters. The topological polar surface area (TPSA) is 115 Å². The lowest BCUT2D eigenvalue weighted by Crippen LogP contribution is -2.40. The SMILES string of the molecule is CCCNc1nc(Nc2ccc(C#N)cc2)ncc1C#CCCCNC(=O)[C@@H]1C[C@@H](F)CN1. The number of benzene rings is 1. The Bertz CT molecular complexity index is 1040. The molecule has 0 unspecified atom stereocenters. The zero-order chi connectivity index (χ0) is 23.5. The van der Waals surface area contributed by atoms with E-state index in [1.54, 1.807) is 30.5 Å². The average molecular weight is 450 g/mol. The molecule has 1 amide bonds. The lowest BCUT2D eigenvalue weighted by Gasteiger charge is -2.10. The van der Waals surface area contributed by atoms with Gasteiger partial charge in [-0.1, -0.05) is 18.8 Å². The van der Waals surface area contributed by atoms with Crippen LogP contribution in [0.15, 0.2) is 30.5 Å². The third-order valence-corrected chi connectivity index (χ3v) is 5.00. The summed E-state index contributed by atoms with van der Waals surface area (Å²) in [5.74, 6) is 7.13. The average Bonchev–Trinajstić information content (AvgIpc) is 3.27. The molecular formula is C24H28FN7O. The summed E-state index contributed by atoms with van der Waals surface area (Å²) < 4.78 is 13.2. The summed E-state index contributed by atoms with van der Waals surface area (Å²) in [5.41, 5.74) is 2.06. The highest BCUT2D eigenvalue weighted by atomic mass is 19.1. The van der Waals surface area contributed by atoms with E-state index in [-0.39, 0.29) is 18.9 Å². The predicted molar refractivity (Wildman–Crippen MR) is 126 cm³/mol. The number of nitrogens with zero attached hydrogens (tertiary/aromatic N) is 3. The Kier molecular flexibility index (Phi) is 8.98. The number of hydrogen-bond acceptors (Lipinski definition) is 7. The Hall–Kier alpha value is -3.69. The van der Waals surface area contributed by atoms with E-state index >= 15 is 0 Å². The Morgan fingerprint density at radius 2 is 2.12 bits per heavy atom. The largest absolute Gasteiger partial charge is 0.369 e. The minimum absolute atomic E-state index is 0.159. The van der Waals surface area contributed by atoms with Gasteiger partial charge < -0.3 is 21.3 Å². The quantitative estimate of drug-likeness (QED) is 0.344. The summed E-state index contributed by atoms with van der Waals surface area (Å²) in [6, 6.07) is 8.70. The first kappa shape index (κ1) is 24.0. The maximum absolute atomic E-state index is 13.2. The number of carbonyl (C=O) groups is 1. The summed E-state index contributed by atoms with van der Waals surface area (Å²) in [6.45, 7) is 3.55. The molecule has 3 rings (SSSR count). The number of anilines is 3. The first-order valence-corrected chi connectivity index (χ1v) is 11.1. The van der Waals surface area contributed by atoms with Gasteiger partial charge in [-0.3, -0.25) is 4.79 Å². The zero-order valence-corrected chi connectivity index (χ0v) is 18.6. The summed E-state index contributed by atoms with van der Waals surface area (Å²) in [7, 11) is 0. The molecule has 1 aliphatic rings. The molecule has 172 valence electrons. The molecule has 2 heterocycles. The van der Waals surface area contributed by atoms with Crippen LogP contribution in [0, 0.1) is 23.2 Å². The number of rotatable bonds is 9. The number of aromatic nitrogens is 2. The van der Waals surface area contributed by atoms with Gasteiger partial charge in [-0.15, -0.1) is 0 Å². The van der Waals surface area contributed by atoms with Crippen LogP contribution in [0.2, 0.25) is 0 Å². The number of halogens is 1. The van der Waals surface area contributed by atoms with Gasteiger partial charge in [-0.25, -0.2) is 9.37 Å². The standard InChI is InChI=1S/C24H28FN7O/c1-2-11-27-22-18(6-4-3-5-12-28-23(33)21-13-19(25)16-29-21)15-30-24(32-22)31-20-9-7-17(14-26)8-10-20/h7-10,15,19,21,29H,2-3,5,11-13,16H2,1H3,(H,28,33)(H2,27,30,31,32)/t19-,21+/m1/s1. The van der Waals surface area contributed by atoms with Crippen LogP contribution in [0.1, 0.15) is 43.7 Å². The highest BCUT2D eigenvalue weighted by Crippen LogP contribution is 2.18. The van der Waals surface area contributed by atoms with Crippen molar-refractivity contribution in [1.29, 1.82) is 5.26 Å². The van der Waals surface area contributed by atoms with E-state index in [0.717, 1.165) is 18.7 Å². The van der Waals surface area contributed by atoms with Crippen LogP contribution >= 0.6 is 0 Å². The highest BCUT2D eigenvalue weighted by molar-refractivity contribution is 5.82. The summed E-state index contributed by atoms with van der Waals surface area (Å²) in [5, 5.41) is 21.0. The van der Waals surface area contributed by atoms with E-state index in [2.05, 4.69) is 56.1 Å². The van der Waals surface area contributed by atoms with Gasteiger partial charge in [0, 0.05) is 38.2 Å². The van der Waals surface area contributed by atoms with Gasteiger partial charge in [0.25, 0.3) is 0 Å². The van der Waals surface area contributed by atoms with Crippen molar-refractivity contribution < 1.29 is 9.18 Å². The Morgan fingerprint density at radius 3 is 2.82 bits per heavy atom. The lowest BCUT2D eigenvalue weighted by atomic mass is 10.2. The third-order valence-electron chi connectivity index (χ3n) is 5.00. The van der Waals surface area contributed by atoms with Crippen molar-refractivity contribution in [3.05, 3.63) is 41.6 Å². The van der Waals surface area contributed by atoms with Crippen LogP contribution in [0.3, 0.4) is 0 Å². The molecule has 33 heavy (non-hydrogen) atoms. The molecule has 9 heteroatoms. The molecule has 1 fully saturated rings. The normalized spacial score (nSPS) is 16.9. The van der Waals surface area contributed by atoms with Gasteiger partial charge >= 0.3 is 0 Å². The molecule has 0 spiro atoms. The number of unbranched alkanes of at least 4 members (excludes halogenated alkanes) is 1. The molecule has 0 radical (unpaired) electrons. The van der Waals surface area contributed by atoms with Crippen LogP contribution in [0.5, 0.6) is 0 Å². The molecule has 2 aromatic rings. The number of nitriles is 1. The Labute approximate surface area is 193 Å². The first-order chi connectivity index (χ1) is 16.1. The summed E-state index contributed by atoms with van der Waals surface area (Å²) >= 11 is 0. The van der Waals surface area contributed by atoms with Crippen molar-refractivity contribution in [2.45, 2.75) is 44.8 Å². The highest BCUT2D eigenvalue weighted by Gasteiger charge is 2.28. The first-order valence-electron chi connectivity index (χ1n) is 11.1. The summed E-state index contributed by atoms with van der Waals surface area (Å²) in [4.78, 5) is 20.9. The molecule has 1 aromatic heterocycles. The second kappa shape index (κ2) is 12.4. The molecule has 1 aliphatic heterocycles. The molecular weight excluding hydrogens is 421 g/mol. The lowest BCUT2D eigenvalue weighted by molar-refractivity contribution is -0.122. The van der Waals surface area contributed by atoms with Gasteiger partial charge in [0.1, 0.15) is 12.0 Å². The number of carbonyl (C=O) groups excluding carboxylic acids is 1. The molecule has 8 nitrogen and oxygen atoms in total. The second-order valence-electron chi connectivity index (χ2n) is 7.69. The van der Waals surface area contributed by atoms with Crippen LogP contribution in [0.25, 0.3) is 0 Å². The number of nitrogens with one attached hydrogen (secondary N) is 4. The minimum Gasteiger partial charge on any atom is -0.369 e. The smallest absolute Gasteiger partial charge is 0.237 e. The van der Waals surface area contributed by atoms with Crippen molar-refractivity contribution in [3.63, 3.8) is 0 Å². The third kappa shape index (κ3) is 7.44. The molecule has 1 saturated heterocycles. The van der Waals surface area contributed by atoms with Gasteiger partial charge in [-0.2, -0.15) is 10.2 Å². The monoisotopic (exact) mass is 449 g/mol. The van der Waals surface area contributed by atoms with E-state index < -0.39 is 12.2 Å². The maximum Gasteiger partial charge on any atom is 0.237 e. The van der Waals surface area contributed by atoms with Crippen LogP contribution in [-0.2, 0) is 4.79 Å². The van der Waals surface area contributed by atoms with Crippen LogP contribution in [-0.4, -0.2) is 47.7 Å². The van der Waals surface area contributed by atoms with Crippen molar-refractivity contribution in [1.82, 2.24) is 20.6 Å². The van der Waals surface area contributed by atoms with Crippen molar-refractivity contribution >= 4 is 23.4 Å².